The van der Waals surface area contributed by atoms with Crippen LogP contribution in [0.5, 0.6) is 0 Å². The van der Waals surface area contributed by atoms with Crippen LogP contribution in [0.25, 0.3) is 0 Å². The van der Waals surface area contributed by atoms with Gasteiger partial charge in [0.15, 0.2) is 5.96 Å². The molecule has 21 heavy (non-hydrogen) atoms. The van der Waals surface area contributed by atoms with Gasteiger partial charge in [-0.2, -0.15) is 8.42 Å². The van der Waals surface area contributed by atoms with Gasteiger partial charge in [-0.05, 0) is 12.0 Å². The van der Waals surface area contributed by atoms with Crippen molar-refractivity contribution in [3.05, 3.63) is 35.9 Å². The lowest BCUT2D eigenvalue weighted by Crippen LogP contribution is -2.41. The minimum absolute atomic E-state index is 0.00448. The summed E-state index contributed by atoms with van der Waals surface area (Å²) in [6.07, 6.45) is 0.883. The van der Waals surface area contributed by atoms with E-state index in [-0.39, 0.29) is 12.0 Å². The summed E-state index contributed by atoms with van der Waals surface area (Å²) in [6.45, 7) is 3.19. The molecule has 8 nitrogen and oxygen atoms in total. The summed E-state index contributed by atoms with van der Waals surface area (Å²) in [5.74, 6) is -0.00448. The maximum absolute atomic E-state index is 8.74. The number of nitrogens with one attached hydrogen (secondary N) is 2. The molecule has 0 heterocycles. The smallest absolute Gasteiger partial charge is 0.375 e. The van der Waals surface area contributed by atoms with Crippen molar-refractivity contribution in [3.63, 3.8) is 0 Å². The first-order chi connectivity index (χ1) is 9.72. The lowest BCUT2D eigenvalue weighted by Gasteiger charge is -2.16. The van der Waals surface area contributed by atoms with Gasteiger partial charge in [0.05, 0.1) is 19.3 Å². The van der Waals surface area contributed by atoms with Crippen molar-refractivity contribution >= 4 is 16.4 Å². The molecule has 1 aromatic carbocycles. The van der Waals surface area contributed by atoms with Gasteiger partial charge < -0.3 is 15.8 Å². The third kappa shape index (κ3) is 14.5. The van der Waals surface area contributed by atoms with Gasteiger partial charge in [0.25, 0.3) is 0 Å². The average molecular weight is 319 g/mol. The predicted molar refractivity (Wildman–Crippen MR) is 79.4 cm³/mol. The van der Waals surface area contributed by atoms with E-state index >= 15 is 0 Å². The number of nitrogens with two attached hydrogens (primary N) is 1. The number of rotatable bonds is 6. The van der Waals surface area contributed by atoms with Gasteiger partial charge in [-0.1, -0.05) is 37.3 Å². The van der Waals surface area contributed by atoms with Crippen LogP contribution in [0.15, 0.2) is 30.3 Å². The zero-order chi connectivity index (χ0) is 16.3. The Labute approximate surface area is 124 Å². The third-order valence-electron chi connectivity index (χ3n) is 2.28. The topological polar surface area (TPSA) is 146 Å². The zero-order valence-electron chi connectivity index (χ0n) is 11.7. The quantitative estimate of drug-likeness (QED) is 0.296. The molecule has 1 rings (SSSR count). The van der Waals surface area contributed by atoms with Crippen molar-refractivity contribution in [1.82, 2.24) is 5.32 Å². The minimum Gasteiger partial charge on any atom is -0.375 e. The summed E-state index contributed by atoms with van der Waals surface area (Å²) in [4.78, 5) is 0. The summed E-state index contributed by atoms with van der Waals surface area (Å²) in [5, 5.41) is 9.99. The molecule has 6 N–H and O–H groups in total. The lowest BCUT2D eigenvalue weighted by molar-refractivity contribution is 0.102. The Kier molecular flexibility index (Phi) is 9.30. The number of hydrogen-bond donors (Lipinski definition) is 5. The van der Waals surface area contributed by atoms with Crippen LogP contribution in [0, 0.1) is 5.41 Å². The summed E-state index contributed by atoms with van der Waals surface area (Å²) in [5.41, 5.74) is 6.42. The number of guanidine groups is 1. The van der Waals surface area contributed by atoms with Crippen LogP contribution in [0.4, 0.5) is 0 Å². The molecular formula is C12H21N3O5S. The van der Waals surface area contributed by atoms with Crippen molar-refractivity contribution in [2.24, 2.45) is 5.73 Å². The molecule has 0 saturated heterocycles. The number of benzene rings is 1. The molecule has 0 aliphatic carbocycles. The van der Waals surface area contributed by atoms with E-state index in [0.29, 0.717) is 13.2 Å². The van der Waals surface area contributed by atoms with Crippen molar-refractivity contribution in [2.75, 3.05) is 6.61 Å². The van der Waals surface area contributed by atoms with Gasteiger partial charge in [-0.25, -0.2) is 0 Å². The monoisotopic (exact) mass is 319 g/mol. The van der Waals surface area contributed by atoms with Crippen LogP contribution in [0.1, 0.15) is 18.9 Å². The first-order valence-corrected chi connectivity index (χ1v) is 7.54. The van der Waals surface area contributed by atoms with Gasteiger partial charge in [-0.15, -0.1) is 0 Å². The van der Waals surface area contributed by atoms with Crippen LogP contribution < -0.4 is 11.1 Å². The zero-order valence-corrected chi connectivity index (χ0v) is 12.5. The summed E-state index contributed by atoms with van der Waals surface area (Å²) in [7, 11) is -4.67. The molecule has 0 radical (unpaired) electrons. The summed E-state index contributed by atoms with van der Waals surface area (Å²) >= 11 is 0. The van der Waals surface area contributed by atoms with Crippen LogP contribution in [0.2, 0.25) is 0 Å². The fraction of sp³-hybridized carbons (Fsp3) is 0.417. The van der Waals surface area contributed by atoms with Gasteiger partial charge in [0.2, 0.25) is 0 Å². The maximum Gasteiger partial charge on any atom is 0.394 e. The average Bonchev–Trinajstić information content (AvgIpc) is 2.36. The highest BCUT2D eigenvalue weighted by Crippen LogP contribution is 2.01. The molecule has 9 heteroatoms. The summed E-state index contributed by atoms with van der Waals surface area (Å²) in [6, 6.07) is 10.1. The SMILES string of the molecule is CCC(COCc1ccccc1)NC(=N)N.O=S(=O)(O)O. The van der Waals surface area contributed by atoms with Gasteiger partial charge >= 0.3 is 10.4 Å². The minimum atomic E-state index is -4.67. The first kappa shape index (κ1) is 19.3. The lowest BCUT2D eigenvalue weighted by atomic mass is 10.2. The third-order valence-corrected chi connectivity index (χ3v) is 2.28. The van der Waals surface area contributed by atoms with E-state index < -0.39 is 10.4 Å². The highest BCUT2D eigenvalue weighted by molar-refractivity contribution is 7.79. The van der Waals surface area contributed by atoms with Crippen molar-refractivity contribution < 1.29 is 22.3 Å². The predicted octanol–water partition coefficient (Wildman–Crippen LogP) is 0.812. The largest absolute Gasteiger partial charge is 0.394 e. The molecule has 0 spiro atoms. The number of ether oxygens (including phenoxy) is 1. The fourth-order valence-electron chi connectivity index (χ4n) is 1.37. The van der Waals surface area contributed by atoms with E-state index in [1.165, 1.54) is 0 Å². The van der Waals surface area contributed by atoms with Crippen molar-refractivity contribution in [2.45, 2.75) is 26.0 Å². The molecule has 0 saturated carbocycles. The van der Waals surface area contributed by atoms with E-state index in [1.54, 1.807) is 0 Å². The molecule has 0 amide bonds. The Bertz CT molecular complexity index is 499. The van der Waals surface area contributed by atoms with Gasteiger partial charge in [0, 0.05) is 0 Å². The van der Waals surface area contributed by atoms with E-state index in [0.717, 1.165) is 12.0 Å². The summed E-state index contributed by atoms with van der Waals surface area (Å²) < 4.78 is 37.1. The molecule has 1 unspecified atom stereocenters. The Balaban J connectivity index is 0.000000690. The second-order valence-electron chi connectivity index (χ2n) is 4.11. The Hall–Kier alpha value is -1.68. The fourth-order valence-corrected chi connectivity index (χ4v) is 1.37. The molecule has 1 aromatic rings. The van der Waals surface area contributed by atoms with Crippen molar-refractivity contribution in [3.8, 4) is 0 Å². The second kappa shape index (κ2) is 10.1. The van der Waals surface area contributed by atoms with Crippen LogP contribution in [-0.2, 0) is 21.7 Å². The maximum atomic E-state index is 8.74. The Morgan fingerprint density at radius 1 is 1.38 bits per heavy atom. The van der Waals surface area contributed by atoms with Gasteiger partial charge in [-0.3, -0.25) is 14.5 Å². The second-order valence-corrected chi connectivity index (χ2v) is 5.01. The molecular weight excluding hydrogens is 298 g/mol. The van der Waals surface area contributed by atoms with Crippen LogP contribution >= 0.6 is 0 Å². The van der Waals surface area contributed by atoms with Gasteiger partial charge in [0.1, 0.15) is 0 Å². The van der Waals surface area contributed by atoms with Crippen LogP contribution in [0.3, 0.4) is 0 Å². The standard InChI is InChI=1S/C12H19N3O.H2O4S/c1-2-11(15-12(13)14)9-16-8-10-6-4-3-5-7-10;1-5(2,3)4/h3-7,11H,2,8-9H2,1H3,(H4,13,14,15);(H2,1,2,3,4). The molecule has 0 aliphatic heterocycles. The van der Waals surface area contributed by atoms with E-state index in [1.807, 2.05) is 37.3 Å². The van der Waals surface area contributed by atoms with E-state index in [4.69, 9.17) is 33.4 Å². The van der Waals surface area contributed by atoms with Crippen LogP contribution in [-0.4, -0.2) is 36.1 Å². The van der Waals surface area contributed by atoms with Crippen molar-refractivity contribution in [1.29, 1.82) is 5.41 Å². The molecule has 0 fully saturated rings. The van der Waals surface area contributed by atoms with E-state index in [2.05, 4.69) is 5.32 Å². The Morgan fingerprint density at radius 3 is 2.33 bits per heavy atom. The van der Waals surface area contributed by atoms with E-state index in [9.17, 15) is 0 Å². The molecule has 0 aromatic heterocycles. The molecule has 120 valence electrons. The Morgan fingerprint density at radius 2 is 1.90 bits per heavy atom. The molecule has 1 atom stereocenters. The first-order valence-electron chi connectivity index (χ1n) is 6.14. The molecule has 0 bridgehead atoms. The molecule has 0 aliphatic rings. The normalized spacial score (nSPS) is 12.0. The highest BCUT2D eigenvalue weighted by atomic mass is 32.3. The highest BCUT2D eigenvalue weighted by Gasteiger charge is 2.06. The number of hydrogen-bond acceptors (Lipinski definition) is 4.